The Morgan fingerprint density at radius 1 is 1.38 bits per heavy atom. The van der Waals surface area contributed by atoms with Crippen LogP contribution in [0.3, 0.4) is 0 Å². The maximum Gasteiger partial charge on any atom is 0.335 e. The van der Waals surface area contributed by atoms with Crippen LogP contribution in [0.15, 0.2) is 23.1 Å². The van der Waals surface area contributed by atoms with Gasteiger partial charge in [-0.25, -0.2) is 22.3 Å². The van der Waals surface area contributed by atoms with E-state index in [1.165, 1.54) is 0 Å². The van der Waals surface area contributed by atoms with Gasteiger partial charge < -0.3 is 10.2 Å². The van der Waals surface area contributed by atoms with Crippen molar-refractivity contribution in [3.05, 3.63) is 29.6 Å². The molecule has 1 aliphatic carbocycles. The molecule has 0 aromatic heterocycles. The summed E-state index contributed by atoms with van der Waals surface area (Å²) in [6.07, 6.45) is 2.09. The lowest BCUT2D eigenvalue weighted by molar-refractivity contribution is 0.0696. The van der Waals surface area contributed by atoms with Gasteiger partial charge in [-0.1, -0.05) is 6.42 Å². The zero-order valence-electron chi connectivity index (χ0n) is 11.1. The van der Waals surface area contributed by atoms with Crippen molar-refractivity contribution in [2.75, 3.05) is 6.61 Å². The topological polar surface area (TPSA) is 104 Å². The zero-order valence-corrected chi connectivity index (χ0v) is 11.9. The van der Waals surface area contributed by atoms with Gasteiger partial charge in [0.15, 0.2) is 0 Å². The molecule has 1 aliphatic rings. The summed E-state index contributed by atoms with van der Waals surface area (Å²) in [6.45, 7) is -0.131. The highest BCUT2D eigenvalue weighted by Crippen LogP contribution is 2.27. The number of sulfonamides is 1. The van der Waals surface area contributed by atoms with Gasteiger partial charge in [0.2, 0.25) is 10.0 Å². The fraction of sp³-hybridized carbons (Fsp3) is 0.462. The Balaban J connectivity index is 2.25. The highest BCUT2D eigenvalue weighted by atomic mass is 32.2. The molecule has 0 amide bonds. The predicted octanol–water partition coefficient (Wildman–Crippen LogP) is 0.963. The SMILES string of the molecule is O=C(O)c1ccc(S(=O)(=O)NC2CCCC2CO)c(F)c1. The molecule has 0 spiro atoms. The van der Waals surface area contributed by atoms with Gasteiger partial charge in [-0.05, 0) is 37.0 Å². The summed E-state index contributed by atoms with van der Waals surface area (Å²) in [5, 5.41) is 17.9. The van der Waals surface area contributed by atoms with Gasteiger partial charge in [0.25, 0.3) is 0 Å². The number of carbonyl (C=O) groups is 1. The first-order valence-electron chi connectivity index (χ1n) is 6.51. The van der Waals surface area contributed by atoms with Gasteiger partial charge in [0, 0.05) is 12.6 Å². The number of benzene rings is 1. The lowest BCUT2D eigenvalue weighted by Crippen LogP contribution is -2.38. The predicted molar refractivity (Wildman–Crippen MR) is 71.9 cm³/mol. The van der Waals surface area contributed by atoms with Crippen LogP contribution >= 0.6 is 0 Å². The van der Waals surface area contributed by atoms with Crippen LogP contribution in [0.4, 0.5) is 4.39 Å². The molecule has 1 aromatic rings. The van der Waals surface area contributed by atoms with Gasteiger partial charge in [0.1, 0.15) is 10.7 Å². The molecule has 2 rings (SSSR count). The van der Waals surface area contributed by atoms with Crippen molar-refractivity contribution in [1.82, 2.24) is 4.72 Å². The molecule has 116 valence electrons. The summed E-state index contributed by atoms with van der Waals surface area (Å²) >= 11 is 0. The molecule has 3 N–H and O–H groups in total. The van der Waals surface area contributed by atoms with Crippen molar-refractivity contribution in [2.45, 2.75) is 30.2 Å². The maximum absolute atomic E-state index is 13.8. The molecule has 1 fully saturated rings. The Hall–Kier alpha value is -1.51. The van der Waals surface area contributed by atoms with Crippen molar-refractivity contribution < 1.29 is 27.8 Å². The van der Waals surface area contributed by atoms with Crippen molar-refractivity contribution in [2.24, 2.45) is 5.92 Å². The molecule has 1 saturated carbocycles. The average Bonchev–Trinajstić information content (AvgIpc) is 2.84. The van der Waals surface area contributed by atoms with Crippen molar-refractivity contribution in [3.8, 4) is 0 Å². The van der Waals surface area contributed by atoms with Crippen LogP contribution in [0.2, 0.25) is 0 Å². The molecule has 2 atom stereocenters. The largest absolute Gasteiger partial charge is 0.478 e. The summed E-state index contributed by atoms with van der Waals surface area (Å²) in [5.41, 5.74) is -0.319. The fourth-order valence-electron chi connectivity index (χ4n) is 2.53. The van der Waals surface area contributed by atoms with Crippen molar-refractivity contribution >= 4 is 16.0 Å². The number of hydrogen-bond donors (Lipinski definition) is 3. The van der Waals surface area contributed by atoms with E-state index in [4.69, 9.17) is 5.11 Å². The third-order valence-electron chi connectivity index (χ3n) is 3.67. The van der Waals surface area contributed by atoms with Crippen LogP contribution < -0.4 is 4.72 Å². The van der Waals surface area contributed by atoms with Crippen molar-refractivity contribution in [3.63, 3.8) is 0 Å². The molecule has 0 bridgehead atoms. The van der Waals surface area contributed by atoms with Gasteiger partial charge in [-0.15, -0.1) is 0 Å². The van der Waals surface area contributed by atoms with Gasteiger partial charge in [-0.2, -0.15) is 0 Å². The third kappa shape index (κ3) is 3.39. The Kier molecular flexibility index (Phi) is 4.60. The molecule has 0 heterocycles. The van der Waals surface area contributed by atoms with Crippen LogP contribution in [0.25, 0.3) is 0 Å². The molecule has 1 aromatic carbocycles. The van der Waals surface area contributed by atoms with E-state index in [9.17, 15) is 22.7 Å². The van der Waals surface area contributed by atoms with E-state index in [2.05, 4.69) is 4.72 Å². The number of aromatic carboxylic acids is 1. The molecule has 21 heavy (non-hydrogen) atoms. The monoisotopic (exact) mass is 317 g/mol. The number of rotatable bonds is 5. The lowest BCUT2D eigenvalue weighted by atomic mass is 10.1. The highest BCUT2D eigenvalue weighted by molar-refractivity contribution is 7.89. The Morgan fingerprint density at radius 2 is 2.10 bits per heavy atom. The Morgan fingerprint density at radius 3 is 2.67 bits per heavy atom. The number of carboxylic acids is 1. The van der Waals surface area contributed by atoms with Crippen LogP contribution in [0, 0.1) is 11.7 Å². The van der Waals surface area contributed by atoms with Gasteiger partial charge in [0.05, 0.1) is 5.56 Å². The van der Waals surface area contributed by atoms with E-state index in [-0.39, 0.29) is 18.1 Å². The standard InChI is InChI=1S/C13H16FNO5S/c14-10-6-8(13(17)18)4-5-12(10)21(19,20)15-11-3-1-2-9(11)7-16/h4-6,9,11,15-16H,1-3,7H2,(H,17,18). The first kappa shape index (κ1) is 15.9. The normalized spacial score (nSPS) is 22.4. The highest BCUT2D eigenvalue weighted by Gasteiger charge is 2.32. The molecule has 0 radical (unpaired) electrons. The number of carboxylic acid groups (broad SMARTS) is 1. The molecule has 2 unspecified atom stereocenters. The summed E-state index contributed by atoms with van der Waals surface area (Å²) in [6, 6.07) is 2.22. The Labute approximate surface area is 121 Å². The van der Waals surface area contributed by atoms with E-state index in [1.54, 1.807) is 0 Å². The zero-order chi connectivity index (χ0) is 15.6. The summed E-state index contributed by atoms with van der Waals surface area (Å²) < 4.78 is 40.6. The van der Waals surface area contributed by atoms with E-state index >= 15 is 0 Å². The summed E-state index contributed by atoms with van der Waals surface area (Å²) in [5.74, 6) is -2.62. The number of nitrogens with one attached hydrogen (secondary N) is 1. The summed E-state index contributed by atoms with van der Waals surface area (Å²) in [4.78, 5) is 10.1. The first-order chi connectivity index (χ1) is 9.85. The van der Waals surface area contributed by atoms with Gasteiger partial charge >= 0.3 is 5.97 Å². The molecule has 0 saturated heterocycles. The minimum absolute atomic E-state index is 0.131. The fourth-order valence-corrected chi connectivity index (χ4v) is 3.92. The maximum atomic E-state index is 13.8. The van der Waals surface area contributed by atoms with Crippen molar-refractivity contribution in [1.29, 1.82) is 0 Å². The van der Waals surface area contributed by atoms with Gasteiger partial charge in [-0.3, -0.25) is 0 Å². The van der Waals surface area contributed by atoms with E-state index in [0.29, 0.717) is 18.9 Å². The number of aliphatic hydroxyl groups is 1. The quantitative estimate of drug-likeness (QED) is 0.750. The van der Waals surface area contributed by atoms with Crippen LogP contribution in [0.5, 0.6) is 0 Å². The Bertz CT molecular complexity index is 646. The molecule has 0 aliphatic heterocycles. The van der Waals surface area contributed by atoms with Crippen LogP contribution in [-0.4, -0.2) is 37.2 Å². The number of aliphatic hydroxyl groups excluding tert-OH is 1. The van der Waals surface area contributed by atoms with E-state index in [1.807, 2.05) is 0 Å². The molecular formula is C13H16FNO5S. The minimum Gasteiger partial charge on any atom is -0.478 e. The number of halogens is 1. The number of hydrogen-bond acceptors (Lipinski definition) is 4. The third-order valence-corrected chi connectivity index (χ3v) is 5.19. The smallest absolute Gasteiger partial charge is 0.335 e. The van der Waals surface area contributed by atoms with E-state index < -0.39 is 32.7 Å². The second-order valence-electron chi connectivity index (χ2n) is 5.05. The second-order valence-corrected chi connectivity index (χ2v) is 6.73. The average molecular weight is 317 g/mol. The van der Waals surface area contributed by atoms with Crippen LogP contribution in [0.1, 0.15) is 29.6 Å². The van der Waals surface area contributed by atoms with E-state index in [0.717, 1.165) is 18.6 Å². The lowest BCUT2D eigenvalue weighted by Gasteiger charge is -2.19. The molecule has 6 nitrogen and oxygen atoms in total. The first-order valence-corrected chi connectivity index (χ1v) is 7.99. The van der Waals surface area contributed by atoms with Crippen LogP contribution in [-0.2, 0) is 10.0 Å². The molecular weight excluding hydrogens is 301 g/mol. The minimum atomic E-state index is -4.09. The molecule has 8 heteroatoms. The summed E-state index contributed by atoms with van der Waals surface area (Å²) in [7, 11) is -4.09. The second kappa shape index (κ2) is 6.08.